The van der Waals surface area contributed by atoms with Gasteiger partial charge >= 0.3 is 6.01 Å². The molecule has 0 aromatic carbocycles. The van der Waals surface area contributed by atoms with Crippen molar-refractivity contribution in [2.75, 3.05) is 4.90 Å². The van der Waals surface area contributed by atoms with Crippen LogP contribution in [0.3, 0.4) is 0 Å². The van der Waals surface area contributed by atoms with E-state index < -0.39 is 0 Å². The number of carbonyl (C=O) groups excluding carboxylic acids is 1. The summed E-state index contributed by atoms with van der Waals surface area (Å²) in [5.74, 6) is 0. The number of anilines is 1. The summed E-state index contributed by atoms with van der Waals surface area (Å²) in [7, 11) is 0. The normalized spacial score (nSPS) is 17.9. The number of hydrogen-bond donors (Lipinski definition) is 0. The molecule has 0 radical (unpaired) electrons. The minimum atomic E-state index is -0.0605. The highest BCUT2D eigenvalue weighted by Gasteiger charge is 2.41. The number of unbranched alkanes of at least 4 members (excludes halogenated alkanes) is 1. The molecule has 0 aliphatic heterocycles. The van der Waals surface area contributed by atoms with Crippen LogP contribution in [0.15, 0.2) is 10.7 Å². The average Bonchev–Trinajstić information content (AvgIpc) is 2.99. The predicted octanol–water partition coefficient (Wildman–Crippen LogP) is 3.45. The number of amides is 1. The Kier molecular flexibility index (Phi) is 4.04. The van der Waals surface area contributed by atoms with Crippen LogP contribution in [0.1, 0.15) is 57.6 Å². The van der Waals surface area contributed by atoms with Gasteiger partial charge in [-0.2, -0.15) is 4.98 Å². The Hall–Kier alpha value is -1.32. The van der Waals surface area contributed by atoms with Crippen molar-refractivity contribution in [1.29, 1.82) is 0 Å². The molecule has 4 heteroatoms. The first-order chi connectivity index (χ1) is 8.72. The number of oxazole rings is 1. The maximum Gasteiger partial charge on any atom is 0.304 e. The molecule has 18 heavy (non-hydrogen) atoms. The molecule has 0 unspecified atom stereocenters. The lowest BCUT2D eigenvalue weighted by Crippen LogP contribution is -2.46. The molecular weight excluding hydrogens is 228 g/mol. The van der Waals surface area contributed by atoms with Crippen LogP contribution in [-0.4, -0.2) is 16.9 Å². The van der Waals surface area contributed by atoms with E-state index in [1.54, 1.807) is 11.2 Å². The first-order valence-corrected chi connectivity index (χ1v) is 6.88. The molecule has 0 spiro atoms. The Morgan fingerprint density at radius 1 is 1.50 bits per heavy atom. The summed E-state index contributed by atoms with van der Waals surface area (Å²) < 4.78 is 5.42. The van der Waals surface area contributed by atoms with Gasteiger partial charge in [0.15, 0.2) is 0 Å². The Balaban J connectivity index is 2.24. The zero-order valence-corrected chi connectivity index (χ0v) is 11.3. The van der Waals surface area contributed by atoms with Crippen molar-refractivity contribution >= 4 is 12.4 Å². The summed E-state index contributed by atoms with van der Waals surface area (Å²) in [5, 5.41) is 0. The van der Waals surface area contributed by atoms with Gasteiger partial charge in [-0.05, 0) is 26.2 Å². The third-order valence-corrected chi connectivity index (χ3v) is 3.96. The summed E-state index contributed by atoms with van der Waals surface area (Å²) in [6.07, 6.45) is 10.3. The summed E-state index contributed by atoms with van der Waals surface area (Å²) in [6.45, 7) is 4.06. The van der Waals surface area contributed by atoms with Gasteiger partial charge in [0.05, 0.1) is 11.2 Å². The lowest BCUT2D eigenvalue weighted by atomic mass is 9.89. The minimum absolute atomic E-state index is 0.0605. The molecule has 1 fully saturated rings. The fourth-order valence-electron chi connectivity index (χ4n) is 2.96. The van der Waals surface area contributed by atoms with Gasteiger partial charge in [-0.15, -0.1) is 0 Å². The molecule has 4 nitrogen and oxygen atoms in total. The van der Waals surface area contributed by atoms with Gasteiger partial charge < -0.3 is 4.42 Å². The number of hydrogen-bond acceptors (Lipinski definition) is 3. The van der Waals surface area contributed by atoms with Crippen LogP contribution in [0.5, 0.6) is 0 Å². The molecule has 1 amide bonds. The molecule has 1 aromatic rings. The van der Waals surface area contributed by atoms with Crippen LogP contribution >= 0.6 is 0 Å². The second kappa shape index (κ2) is 5.55. The fourth-order valence-corrected chi connectivity index (χ4v) is 2.96. The van der Waals surface area contributed by atoms with Gasteiger partial charge in [0.2, 0.25) is 6.41 Å². The summed E-state index contributed by atoms with van der Waals surface area (Å²) in [4.78, 5) is 17.5. The molecule has 0 atom stereocenters. The summed E-state index contributed by atoms with van der Waals surface area (Å²) >= 11 is 0. The van der Waals surface area contributed by atoms with Gasteiger partial charge in [0, 0.05) is 0 Å². The van der Waals surface area contributed by atoms with E-state index in [2.05, 4.69) is 11.9 Å². The van der Waals surface area contributed by atoms with Crippen LogP contribution < -0.4 is 4.90 Å². The highest BCUT2D eigenvalue weighted by Crippen LogP contribution is 2.40. The molecule has 0 bridgehead atoms. The molecular formula is C14H22N2O2. The van der Waals surface area contributed by atoms with Gasteiger partial charge in [-0.3, -0.25) is 9.69 Å². The highest BCUT2D eigenvalue weighted by atomic mass is 16.4. The van der Waals surface area contributed by atoms with E-state index >= 15 is 0 Å². The number of rotatable bonds is 6. The third-order valence-electron chi connectivity index (χ3n) is 3.96. The fraction of sp³-hybridized carbons (Fsp3) is 0.714. The molecule has 1 saturated carbocycles. The van der Waals surface area contributed by atoms with Crippen LogP contribution in [0, 0.1) is 6.92 Å². The first-order valence-electron chi connectivity index (χ1n) is 6.88. The van der Waals surface area contributed by atoms with Crippen molar-refractivity contribution in [1.82, 2.24) is 4.98 Å². The van der Waals surface area contributed by atoms with Gasteiger partial charge in [0.1, 0.15) is 6.26 Å². The smallest absolute Gasteiger partial charge is 0.304 e. The SMILES string of the molecule is CCCCC1(N(C=O)c2nc(C)co2)CCCC1. The van der Waals surface area contributed by atoms with Crippen molar-refractivity contribution in [3.05, 3.63) is 12.0 Å². The summed E-state index contributed by atoms with van der Waals surface area (Å²) in [5.41, 5.74) is 0.759. The van der Waals surface area contributed by atoms with Crippen molar-refractivity contribution in [2.24, 2.45) is 0 Å². The van der Waals surface area contributed by atoms with Crippen molar-refractivity contribution in [3.8, 4) is 0 Å². The predicted molar refractivity (Wildman–Crippen MR) is 70.5 cm³/mol. The van der Waals surface area contributed by atoms with Crippen LogP contribution in [0.25, 0.3) is 0 Å². The topological polar surface area (TPSA) is 46.3 Å². The van der Waals surface area contributed by atoms with Crippen molar-refractivity contribution in [3.63, 3.8) is 0 Å². The molecule has 100 valence electrons. The highest BCUT2D eigenvalue weighted by molar-refractivity contribution is 5.73. The van der Waals surface area contributed by atoms with E-state index in [0.29, 0.717) is 6.01 Å². The van der Waals surface area contributed by atoms with E-state index in [1.165, 1.54) is 12.8 Å². The zero-order chi connectivity index (χ0) is 13.0. The van der Waals surface area contributed by atoms with Crippen LogP contribution in [-0.2, 0) is 4.79 Å². The first kappa shape index (κ1) is 13.1. The number of nitrogens with zero attached hydrogens (tertiary/aromatic N) is 2. The maximum absolute atomic E-state index is 11.5. The number of carbonyl (C=O) groups is 1. The van der Waals surface area contributed by atoms with Crippen molar-refractivity contribution in [2.45, 2.75) is 64.3 Å². The standard InChI is InChI=1S/C14H22N2O2/c1-3-4-7-14(8-5-6-9-14)16(11-17)13-15-12(2)10-18-13/h10-11H,3-9H2,1-2H3. The van der Waals surface area contributed by atoms with E-state index in [0.717, 1.165) is 44.2 Å². The number of aromatic nitrogens is 1. The second-order valence-corrected chi connectivity index (χ2v) is 5.28. The molecule has 1 aromatic heterocycles. The van der Waals surface area contributed by atoms with E-state index in [4.69, 9.17) is 4.42 Å². The van der Waals surface area contributed by atoms with Crippen LogP contribution in [0.4, 0.5) is 6.01 Å². The molecule has 1 heterocycles. The summed E-state index contributed by atoms with van der Waals surface area (Å²) in [6, 6.07) is 0.459. The Morgan fingerprint density at radius 3 is 2.72 bits per heavy atom. The lowest BCUT2D eigenvalue weighted by molar-refractivity contribution is -0.108. The third kappa shape index (κ3) is 2.42. The monoisotopic (exact) mass is 250 g/mol. The maximum atomic E-state index is 11.5. The van der Waals surface area contributed by atoms with E-state index in [1.807, 2.05) is 6.92 Å². The molecule has 0 saturated heterocycles. The Bertz CT molecular complexity index is 394. The largest absolute Gasteiger partial charge is 0.431 e. The van der Waals surface area contributed by atoms with E-state index in [-0.39, 0.29) is 5.54 Å². The number of aryl methyl sites for hydroxylation is 1. The zero-order valence-electron chi connectivity index (χ0n) is 11.3. The van der Waals surface area contributed by atoms with Gasteiger partial charge in [0.25, 0.3) is 0 Å². The molecule has 2 rings (SSSR count). The quantitative estimate of drug-likeness (QED) is 0.726. The molecule has 1 aliphatic rings. The van der Waals surface area contributed by atoms with Crippen LogP contribution in [0.2, 0.25) is 0 Å². The van der Waals surface area contributed by atoms with Gasteiger partial charge in [-0.1, -0.05) is 32.6 Å². The molecule has 1 aliphatic carbocycles. The van der Waals surface area contributed by atoms with E-state index in [9.17, 15) is 4.79 Å². The minimum Gasteiger partial charge on any atom is -0.431 e. The molecule has 0 N–H and O–H groups in total. The Morgan fingerprint density at radius 2 is 2.22 bits per heavy atom. The van der Waals surface area contributed by atoms with Crippen molar-refractivity contribution < 1.29 is 9.21 Å². The van der Waals surface area contributed by atoms with Gasteiger partial charge in [-0.25, -0.2) is 0 Å². The second-order valence-electron chi connectivity index (χ2n) is 5.28. The lowest BCUT2D eigenvalue weighted by Gasteiger charge is -2.36. The average molecular weight is 250 g/mol. The Labute approximate surface area is 108 Å².